The number of carbonyl (C=O) groups is 1. The summed E-state index contributed by atoms with van der Waals surface area (Å²) >= 11 is 3.41. The van der Waals surface area contributed by atoms with Crippen molar-refractivity contribution >= 4 is 27.6 Å². The molecule has 108 valence electrons. The highest BCUT2D eigenvalue weighted by Gasteiger charge is 2.20. The Bertz CT molecular complexity index is 687. The van der Waals surface area contributed by atoms with Gasteiger partial charge < -0.3 is 14.7 Å². The fraction of sp³-hybridized carbons (Fsp3) is 0.188. The van der Waals surface area contributed by atoms with Crippen molar-refractivity contribution in [1.82, 2.24) is 0 Å². The second-order valence-corrected chi connectivity index (χ2v) is 5.76. The maximum atomic E-state index is 11.4. The van der Waals surface area contributed by atoms with E-state index < -0.39 is 5.97 Å². The van der Waals surface area contributed by atoms with E-state index in [1.807, 2.05) is 35.2 Å². The maximum Gasteiger partial charge on any atom is 0.337 e. The summed E-state index contributed by atoms with van der Waals surface area (Å²) < 4.78 is 6.59. The van der Waals surface area contributed by atoms with Gasteiger partial charge in [0.1, 0.15) is 12.4 Å². The van der Waals surface area contributed by atoms with Crippen LogP contribution in [0.2, 0.25) is 0 Å². The lowest BCUT2D eigenvalue weighted by Gasteiger charge is -2.24. The molecular weight excluding hydrogens is 334 g/mol. The molecule has 0 fully saturated rings. The highest BCUT2D eigenvalue weighted by atomic mass is 79.9. The molecule has 0 aliphatic carbocycles. The maximum absolute atomic E-state index is 11.4. The van der Waals surface area contributed by atoms with Crippen LogP contribution in [0.25, 0.3) is 0 Å². The number of fused-ring (bicyclic) bond motifs is 1. The van der Waals surface area contributed by atoms with Gasteiger partial charge in [0.15, 0.2) is 0 Å². The SMILES string of the molecule is O=C(O)c1ccc(Br)cc1N1CCOc2ccccc2C1. The molecule has 0 unspecified atom stereocenters. The van der Waals surface area contributed by atoms with Gasteiger partial charge in [0.25, 0.3) is 0 Å². The second-order valence-electron chi connectivity index (χ2n) is 4.84. The number of carboxylic acids is 1. The van der Waals surface area contributed by atoms with Gasteiger partial charge in [0.05, 0.1) is 17.8 Å². The van der Waals surface area contributed by atoms with Crippen molar-refractivity contribution in [1.29, 1.82) is 0 Å². The smallest absolute Gasteiger partial charge is 0.337 e. The Hall–Kier alpha value is -2.01. The molecule has 0 saturated heterocycles. The van der Waals surface area contributed by atoms with E-state index in [2.05, 4.69) is 15.9 Å². The van der Waals surface area contributed by atoms with E-state index in [0.717, 1.165) is 15.8 Å². The molecule has 1 heterocycles. The Morgan fingerprint density at radius 1 is 1.24 bits per heavy atom. The second kappa shape index (κ2) is 5.77. The van der Waals surface area contributed by atoms with Gasteiger partial charge in [-0.1, -0.05) is 34.1 Å². The van der Waals surface area contributed by atoms with Crippen LogP contribution in [0, 0.1) is 0 Å². The van der Waals surface area contributed by atoms with E-state index in [0.29, 0.717) is 30.9 Å². The van der Waals surface area contributed by atoms with Crippen molar-refractivity contribution in [2.75, 3.05) is 18.1 Å². The fourth-order valence-corrected chi connectivity index (χ4v) is 2.83. The summed E-state index contributed by atoms with van der Waals surface area (Å²) in [6.07, 6.45) is 0. The lowest BCUT2D eigenvalue weighted by atomic mass is 10.1. The molecule has 0 aromatic heterocycles. The molecule has 4 nitrogen and oxygen atoms in total. The van der Waals surface area contributed by atoms with Gasteiger partial charge in [-0.15, -0.1) is 0 Å². The van der Waals surface area contributed by atoms with Gasteiger partial charge in [-0.25, -0.2) is 4.79 Å². The Morgan fingerprint density at radius 3 is 2.86 bits per heavy atom. The number of rotatable bonds is 2. The molecule has 3 rings (SSSR count). The Kier molecular flexibility index (Phi) is 3.84. The largest absolute Gasteiger partial charge is 0.491 e. The Balaban J connectivity index is 2.01. The first kappa shape index (κ1) is 13.9. The van der Waals surface area contributed by atoms with Gasteiger partial charge in [0.2, 0.25) is 0 Å². The van der Waals surface area contributed by atoms with E-state index in [1.54, 1.807) is 12.1 Å². The van der Waals surface area contributed by atoms with Crippen molar-refractivity contribution in [3.8, 4) is 5.75 Å². The van der Waals surface area contributed by atoms with E-state index in [-0.39, 0.29) is 0 Å². The molecule has 0 atom stereocenters. The zero-order valence-electron chi connectivity index (χ0n) is 11.3. The third-order valence-electron chi connectivity index (χ3n) is 3.48. The van der Waals surface area contributed by atoms with Crippen molar-refractivity contribution in [2.45, 2.75) is 6.54 Å². The summed E-state index contributed by atoms with van der Waals surface area (Å²) in [7, 11) is 0. The summed E-state index contributed by atoms with van der Waals surface area (Å²) in [5.41, 5.74) is 2.07. The number of para-hydroxylation sites is 1. The molecule has 0 bridgehead atoms. The number of nitrogens with zero attached hydrogens (tertiary/aromatic N) is 1. The van der Waals surface area contributed by atoms with Crippen LogP contribution in [-0.4, -0.2) is 24.2 Å². The minimum Gasteiger partial charge on any atom is -0.491 e. The average molecular weight is 348 g/mol. The third kappa shape index (κ3) is 2.88. The summed E-state index contributed by atoms with van der Waals surface area (Å²) in [6, 6.07) is 13.1. The van der Waals surface area contributed by atoms with Crippen molar-refractivity contribution in [2.24, 2.45) is 0 Å². The monoisotopic (exact) mass is 347 g/mol. The standard InChI is InChI=1S/C16H14BrNO3/c17-12-5-6-13(16(19)20)14(9-12)18-7-8-21-15-4-2-1-3-11(15)10-18/h1-6,9H,7-8,10H2,(H,19,20). The number of benzene rings is 2. The first-order valence-electron chi connectivity index (χ1n) is 6.63. The van der Waals surface area contributed by atoms with E-state index >= 15 is 0 Å². The molecule has 0 amide bonds. The summed E-state index contributed by atoms with van der Waals surface area (Å²) in [6.45, 7) is 1.81. The molecule has 2 aromatic rings. The number of halogens is 1. The highest BCUT2D eigenvalue weighted by Crippen LogP contribution is 2.30. The summed E-state index contributed by atoms with van der Waals surface area (Å²) in [4.78, 5) is 13.5. The van der Waals surface area contributed by atoms with Gasteiger partial charge in [-0.2, -0.15) is 0 Å². The fourth-order valence-electron chi connectivity index (χ4n) is 2.48. The Morgan fingerprint density at radius 2 is 2.05 bits per heavy atom. The van der Waals surface area contributed by atoms with Gasteiger partial charge >= 0.3 is 5.97 Å². The quantitative estimate of drug-likeness (QED) is 0.902. The molecule has 5 heteroatoms. The van der Waals surface area contributed by atoms with Crippen LogP contribution in [-0.2, 0) is 6.54 Å². The number of hydrogen-bond donors (Lipinski definition) is 1. The normalized spacial score (nSPS) is 14.0. The van der Waals surface area contributed by atoms with Crippen LogP contribution < -0.4 is 9.64 Å². The van der Waals surface area contributed by atoms with Crippen LogP contribution in [0.15, 0.2) is 46.9 Å². The topological polar surface area (TPSA) is 49.8 Å². The van der Waals surface area contributed by atoms with E-state index in [4.69, 9.17) is 4.74 Å². The number of hydrogen-bond acceptors (Lipinski definition) is 3. The first-order valence-corrected chi connectivity index (χ1v) is 7.43. The molecule has 0 saturated carbocycles. The van der Waals surface area contributed by atoms with Crippen LogP contribution in [0.4, 0.5) is 5.69 Å². The molecule has 1 aliphatic heterocycles. The van der Waals surface area contributed by atoms with Crippen LogP contribution >= 0.6 is 15.9 Å². The summed E-state index contributed by atoms with van der Waals surface area (Å²) in [5.74, 6) is -0.0529. The van der Waals surface area contributed by atoms with E-state index in [1.165, 1.54) is 0 Å². The molecule has 0 spiro atoms. The predicted molar refractivity (Wildman–Crippen MR) is 84.1 cm³/mol. The van der Waals surface area contributed by atoms with Crippen molar-refractivity contribution < 1.29 is 14.6 Å². The average Bonchev–Trinajstić information content (AvgIpc) is 2.68. The third-order valence-corrected chi connectivity index (χ3v) is 3.98. The van der Waals surface area contributed by atoms with Crippen molar-refractivity contribution in [3.05, 3.63) is 58.1 Å². The van der Waals surface area contributed by atoms with Gasteiger partial charge in [-0.05, 0) is 24.3 Å². The zero-order chi connectivity index (χ0) is 14.8. The molecule has 0 radical (unpaired) electrons. The number of carboxylic acid groups (broad SMARTS) is 1. The lowest BCUT2D eigenvalue weighted by molar-refractivity contribution is 0.0697. The lowest BCUT2D eigenvalue weighted by Crippen LogP contribution is -2.27. The van der Waals surface area contributed by atoms with Gasteiger partial charge in [0, 0.05) is 16.6 Å². The molecule has 1 N–H and O–H groups in total. The molecule has 21 heavy (non-hydrogen) atoms. The highest BCUT2D eigenvalue weighted by molar-refractivity contribution is 9.10. The van der Waals surface area contributed by atoms with Crippen LogP contribution in [0.1, 0.15) is 15.9 Å². The molecule has 2 aromatic carbocycles. The van der Waals surface area contributed by atoms with Crippen LogP contribution in [0.5, 0.6) is 5.75 Å². The minimum atomic E-state index is -0.920. The molecular formula is C16H14BrNO3. The Labute approximate surface area is 131 Å². The number of anilines is 1. The molecule has 1 aliphatic rings. The van der Waals surface area contributed by atoms with Crippen LogP contribution in [0.3, 0.4) is 0 Å². The summed E-state index contributed by atoms with van der Waals surface area (Å²) in [5, 5.41) is 9.38. The van der Waals surface area contributed by atoms with Gasteiger partial charge in [-0.3, -0.25) is 0 Å². The number of aromatic carboxylic acids is 1. The predicted octanol–water partition coefficient (Wildman–Crippen LogP) is 3.55. The van der Waals surface area contributed by atoms with E-state index in [9.17, 15) is 9.90 Å². The van der Waals surface area contributed by atoms with Crippen molar-refractivity contribution in [3.63, 3.8) is 0 Å². The minimum absolute atomic E-state index is 0.303. The first-order chi connectivity index (χ1) is 10.1. The zero-order valence-corrected chi connectivity index (χ0v) is 12.8. The number of ether oxygens (including phenoxy) is 1.